The zero-order valence-corrected chi connectivity index (χ0v) is 12.1. The number of nitrogens with zero attached hydrogens (tertiary/aromatic N) is 5. The van der Waals surface area contributed by atoms with Crippen LogP contribution in [0.15, 0.2) is 16.9 Å². The Labute approximate surface area is 127 Å². The smallest absolute Gasteiger partial charge is 0.270 e. The molecule has 110 valence electrons. The Kier molecular flexibility index (Phi) is 3.50. The first-order valence-corrected chi connectivity index (χ1v) is 6.97. The van der Waals surface area contributed by atoms with E-state index < -0.39 is 0 Å². The minimum Gasteiger partial charge on any atom is -0.366 e. The number of rotatable bonds is 1. The zero-order valence-electron chi connectivity index (χ0n) is 12.1. The van der Waals surface area contributed by atoms with Crippen molar-refractivity contribution in [2.75, 3.05) is 31.1 Å². The van der Waals surface area contributed by atoms with E-state index in [0.29, 0.717) is 29.8 Å². The SMILES string of the molecule is Cn1c(=O)c(C#N)c(N2CCNCC2)c2nc(C#N)ccc21. The van der Waals surface area contributed by atoms with E-state index in [4.69, 9.17) is 5.26 Å². The third-order valence-electron chi connectivity index (χ3n) is 3.87. The number of nitrogens with one attached hydrogen (secondary N) is 1. The zero-order chi connectivity index (χ0) is 15.7. The molecule has 0 aromatic carbocycles. The molecule has 7 heteroatoms. The van der Waals surface area contributed by atoms with Crippen LogP contribution in [0.5, 0.6) is 0 Å². The molecule has 2 aromatic rings. The molecule has 0 radical (unpaired) electrons. The quantitative estimate of drug-likeness (QED) is 0.800. The molecule has 0 aliphatic carbocycles. The molecule has 0 saturated carbocycles. The summed E-state index contributed by atoms with van der Waals surface area (Å²) >= 11 is 0. The molecule has 0 amide bonds. The lowest BCUT2D eigenvalue weighted by molar-refractivity contribution is 0.589. The molecule has 22 heavy (non-hydrogen) atoms. The first-order valence-electron chi connectivity index (χ1n) is 6.97. The van der Waals surface area contributed by atoms with Crippen LogP contribution >= 0.6 is 0 Å². The first-order chi connectivity index (χ1) is 10.7. The standard InChI is InChI=1S/C15H14N6O/c1-20-12-3-2-10(8-16)19-13(12)14(11(9-17)15(20)22)21-6-4-18-5-7-21/h2-3,18H,4-7H2,1H3. The monoisotopic (exact) mass is 294 g/mol. The van der Waals surface area contributed by atoms with Crippen molar-refractivity contribution in [1.82, 2.24) is 14.9 Å². The molecular formula is C15H14N6O. The second-order valence-electron chi connectivity index (χ2n) is 5.11. The van der Waals surface area contributed by atoms with Crippen molar-refractivity contribution in [2.24, 2.45) is 7.05 Å². The number of hydrogen-bond acceptors (Lipinski definition) is 6. The summed E-state index contributed by atoms with van der Waals surface area (Å²) in [5, 5.41) is 21.8. The van der Waals surface area contributed by atoms with Crippen molar-refractivity contribution in [3.8, 4) is 12.1 Å². The van der Waals surface area contributed by atoms with Crippen LogP contribution in [0.4, 0.5) is 5.69 Å². The number of piperazine rings is 1. The number of pyridine rings is 2. The number of aryl methyl sites for hydroxylation is 1. The topological polar surface area (TPSA) is 97.7 Å². The van der Waals surface area contributed by atoms with Crippen LogP contribution in [0.2, 0.25) is 0 Å². The molecule has 1 N–H and O–H groups in total. The van der Waals surface area contributed by atoms with E-state index in [-0.39, 0.29) is 16.8 Å². The largest absolute Gasteiger partial charge is 0.366 e. The van der Waals surface area contributed by atoms with Gasteiger partial charge in [-0.3, -0.25) is 4.79 Å². The highest BCUT2D eigenvalue weighted by molar-refractivity contribution is 5.92. The fraction of sp³-hybridized carbons (Fsp3) is 0.333. The summed E-state index contributed by atoms with van der Waals surface area (Å²) in [7, 11) is 1.61. The van der Waals surface area contributed by atoms with Crippen molar-refractivity contribution < 1.29 is 0 Å². The maximum Gasteiger partial charge on any atom is 0.270 e. The molecule has 3 rings (SSSR count). The van der Waals surface area contributed by atoms with Gasteiger partial charge in [-0.25, -0.2) is 4.98 Å². The van der Waals surface area contributed by atoms with Crippen LogP contribution in [0.25, 0.3) is 11.0 Å². The van der Waals surface area contributed by atoms with Gasteiger partial charge in [0.25, 0.3) is 5.56 Å². The van der Waals surface area contributed by atoms with Crippen LogP contribution in [0, 0.1) is 22.7 Å². The highest BCUT2D eigenvalue weighted by atomic mass is 16.1. The number of anilines is 1. The molecule has 0 spiro atoms. The molecule has 1 aliphatic rings. The average Bonchev–Trinajstić information content (AvgIpc) is 2.58. The number of hydrogen-bond donors (Lipinski definition) is 1. The van der Waals surface area contributed by atoms with Gasteiger partial charge in [-0.1, -0.05) is 0 Å². The third kappa shape index (κ3) is 2.09. The van der Waals surface area contributed by atoms with Gasteiger partial charge in [0.1, 0.15) is 28.9 Å². The van der Waals surface area contributed by atoms with E-state index >= 15 is 0 Å². The summed E-state index contributed by atoms with van der Waals surface area (Å²) in [5.41, 5.74) is 1.70. The van der Waals surface area contributed by atoms with E-state index in [9.17, 15) is 10.1 Å². The van der Waals surface area contributed by atoms with Gasteiger partial charge in [-0.2, -0.15) is 10.5 Å². The Balaban J connectivity index is 2.40. The second kappa shape index (κ2) is 5.47. The first kappa shape index (κ1) is 14.1. The molecule has 1 saturated heterocycles. The van der Waals surface area contributed by atoms with E-state index in [1.165, 1.54) is 4.57 Å². The van der Waals surface area contributed by atoms with E-state index in [1.807, 2.05) is 17.0 Å². The van der Waals surface area contributed by atoms with Crippen molar-refractivity contribution in [3.05, 3.63) is 33.7 Å². The van der Waals surface area contributed by atoms with Crippen LogP contribution in [-0.4, -0.2) is 35.7 Å². The van der Waals surface area contributed by atoms with Gasteiger partial charge in [0, 0.05) is 33.2 Å². The van der Waals surface area contributed by atoms with Gasteiger partial charge < -0.3 is 14.8 Å². The third-order valence-corrected chi connectivity index (χ3v) is 3.87. The van der Waals surface area contributed by atoms with E-state index in [0.717, 1.165) is 13.1 Å². The van der Waals surface area contributed by atoms with Crippen LogP contribution in [-0.2, 0) is 7.05 Å². The van der Waals surface area contributed by atoms with Gasteiger partial charge in [0.15, 0.2) is 0 Å². The van der Waals surface area contributed by atoms with Crippen molar-refractivity contribution in [2.45, 2.75) is 0 Å². The van der Waals surface area contributed by atoms with Crippen molar-refractivity contribution >= 4 is 16.7 Å². The highest BCUT2D eigenvalue weighted by Crippen LogP contribution is 2.27. The molecule has 3 heterocycles. The van der Waals surface area contributed by atoms with Gasteiger partial charge >= 0.3 is 0 Å². The van der Waals surface area contributed by atoms with Crippen molar-refractivity contribution in [1.29, 1.82) is 10.5 Å². The Hall–Kier alpha value is -2.90. The summed E-state index contributed by atoms with van der Waals surface area (Å²) < 4.78 is 1.41. The molecule has 2 aromatic heterocycles. The molecule has 7 nitrogen and oxygen atoms in total. The summed E-state index contributed by atoms with van der Waals surface area (Å²) in [6, 6.07) is 7.30. The lowest BCUT2D eigenvalue weighted by Gasteiger charge is -2.30. The van der Waals surface area contributed by atoms with E-state index in [2.05, 4.69) is 10.3 Å². The molecule has 1 fully saturated rings. The fourth-order valence-electron chi connectivity index (χ4n) is 2.75. The maximum atomic E-state index is 12.4. The maximum absolute atomic E-state index is 12.4. The number of aromatic nitrogens is 2. The molecule has 0 atom stereocenters. The fourth-order valence-corrected chi connectivity index (χ4v) is 2.75. The lowest BCUT2D eigenvalue weighted by atomic mass is 10.1. The Bertz CT molecular complexity index is 880. The van der Waals surface area contributed by atoms with Crippen LogP contribution in [0.3, 0.4) is 0 Å². The molecular weight excluding hydrogens is 280 g/mol. The summed E-state index contributed by atoms with van der Waals surface area (Å²) in [6.45, 7) is 2.93. The molecule has 0 bridgehead atoms. The van der Waals surface area contributed by atoms with Gasteiger partial charge in [0.05, 0.1) is 11.2 Å². The van der Waals surface area contributed by atoms with Crippen molar-refractivity contribution in [3.63, 3.8) is 0 Å². The normalized spacial score (nSPS) is 14.6. The molecule has 0 unspecified atom stereocenters. The highest BCUT2D eigenvalue weighted by Gasteiger charge is 2.22. The summed E-state index contributed by atoms with van der Waals surface area (Å²) in [4.78, 5) is 18.8. The Morgan fingerprint density at radius 2 is 1.95 bits per heavy atom. The van der Waals surface area contributed by atoms with Crippen LogP contribution in [0.1, 0.15) is 11.3 Å². The summed E-state index contributed by atoms with van der Waals surface area (Å²) in [5.74, 6) is 0. The predicted molar refractivity (Wildman–Crippen MR) is 81.5 cm³/mol. The minimum absolute atomic E-state index is 0.0829. The number of nitriles is 2. The lowest BCUT2D eigenvalue weighted by Crippen LogP contribution is -2.44. The van der Waals surface area contributed by atoms with Gasteiger partial charge in [-0.15, -0.1) is 0 Å². The molecule has 1 aliphatic heterocycles. The van der Waals surface area contributed by atoms with Gasteiger partial charge in [0.2, 0.25) is 0 Å². The minimum atomic E-state index is -0.338. The Morgan fingerprint density at radius 3 is 2.59 bits per heavy atom. The number of fused-ring (bicyclic) bond motifs is 1. The second-order valence-corrected chi connectivity index (χ2v) is 5.11. The Morgan fingerprint density at radius 1 is 1.23 bits per heavy atom. The summed E-state index contributed by atoms with van der Waals surface area (Å²) in [6.07, 6.45) is 0. The predicted octanol–water partition coefficient (Wildman–Crippen LogP) is 0.0865. The van der Waals surface area contributed by atoms with Crippen LogP contribution < -0.4 is 15.8 Å². The van der Waals surface area contributed by atoms with E-state index in [1.54, 1.807) is 19.2 Å². The average molecular weight is 294 g/mol. The van der Waals surface area contributed by atoms with Gasteiger partial charge in [-0.05, 0) is 12.1 Å².